The van der Waals surface area contributed by atoms with E-state index in [-0.39, 0.29) is 23.4 Å². The second-order valence-electron chi connectivity index (χ2n) is 8.52. The molecule has 2 aromatic heterocycles. The first-order valence-electron chi connectivity index (χ1n) is 10.8. The number of benzene rings is 1. The van der Waals surface area contributed by atoms with Gasteiger partial charge in [0.1, 0.15) is 0 Å². The average Bonchev–Trinajstić information content (AvgIpc) is 3.47. The maximum Gasteiger partial charge on any atom is 0.261 e. The van der Waals surface area contributed by atoms with Crippen molar-refractivity contribution in [2.45, 2.75) is 24.4 Å². The number of halogens is 1. The number of rotatable bonds is 6. The third kappa shape index (κ3) is 4.34. The van der Waals surface area contributed by atoms with Gasteiger partial charge in [-0.05, 0) is 60.7 Å². The summed E-state index contributed by atoms with van der Waals surface area (Å²) in [5, 5.41) is 9.71. The summed E-state index contributed by atoms with van der Waals surface area (Å²) < 4.78 is 0.566. The zero-order valence-corrected chi connectivity index (χ0v) is 19.3. The van der Waals surface area contributed by atoms with Crippen molar-refractivity contribution in [1.29, 1.82) is 0 Å². The highest BCUT2D eigenvalue weighted by Crippen LogP contribution is 2.43. The van der Waals surface area contributed by atoms with Crippen LogP contribution in [0.2, 0.25) is 4.34 Å². The fourth-order valence-electron chi connectivity index (χ4n) is 4.57. The molecule has 2 atom stereocenters. The molecule has 1 aliphatic heterocycles. The SMILES string of the molecule is O=C(N[C@H]1CNC[C@]1(NC(=O)c1ccc(Cl)s1)C1CC1)c1ccc(-c2ccc[nH]c2=O)cc1. The van der Waals surface area contributed by atoms with E-state index in [0.29, 0.717) is 39.3 Å². The van der Waals surface area contributed by atoms with Crippen molar-refractivity contribution < 1.29 is 9.59 Å². The monoisotopic (exact) mass is 482 g/mol. The number of aromatic nitrogens is 1. The second-order valence-corrected chi connectivity index (χ2v) is 10.2. The van der Waals surface area contributed by atoms with Gasteiger partial charge in [-0.3, -0.25) is 14.4 Å². The van der Waals surface area contributed by atoms with Gasteiger partial charge in [0.25, 0.3) is 17.4 Å². The van der Waals surface area contributed by atoms with Crippen LogP contribution in [0.25, 0.3) is 11.1 Å². The molecule has 1 saturated carbocycles. The molecule has 1 saturated heterocycles. The Hall–Kier alpha value is -2.94. The highest BCUT2D eigenvalue weighted by Gasteiger charge is 2.54. The molecule has 9 heteroatoms. The lowest BCUT2D eigenvalue weighted by molar-refractivity contribution is 0.0833. The lowest BCUT2D eigenvalue weighted by Crippen LogP contribution is -2.63. The van der Waals surface area contributed by atoms with Gasteiger partial charge in [0.15, 0.2) is 0 Å². The molecule has 1 aromatic carbocycles. The van der Waals surface area contributed by atoms with E-state index in [1.54, 1.807) is 54.7 Å². The van der Waals surface area contributed by atoms with E-state index in [1.165, 1.54) is 11.3 Å². The Labute approximate surface area is 199 Å². The number of pyridine rings is 1. The predicted molar refractivity (Wildman–Crippen MR) is 129 cm³/mol. The third-order valence-corrected chi connectivity index (χ3v) is 7.65. The van der Waals surface area contributed by atoms with Crippen LogP contribution in [0, 0.1) is 5.92 Å². The summed E-state index contributed by atoms with van der Waals surface area (Å²) in [7, 11) is 0. The van der Waals surface area contributed by atoms with Crippen molar-refractivity contribution in [3.63, 3.8) is 0 Å². The summed E-state index contributed by atoms with van der Waals surface area (Å²) in [6.45, 7) is 1.17. The average molecular weight is 483 g/mol. The van der Waals surface area contributed by atoms with Crippen LogP contribution in [0.1, 0.15) is 32.9 Å². The smallest absolute Gasteiger partial charge is 0.261 e. The summed E-state index contributed by atoms with van der Waals surface area (Å²) in [5.74, 6) is -0.0702. The Morgan fingerprint density at radius 2 is 1.85 bits per heavy atom. The van der Waals surface area contributed by atoms with E-state index < -0.39 is 5.54 Å². The largest absolute Gasteiger partial charge is 0.346 e. The highest BCUT2D eigenvalue weighted by molar-refractivity contribution is 7.18. The Morgan fingerprint density at radius 1 is 1.06 bits per heavy atom. The topological polar surface area (TPSA) is 103 Å². The summed E-state index contributed by atoms with van der Waals surface area (Å²) in [6.07, 6.45) is 3.61. The standard InChI is InChI=1S/C24H23ClN4O3S/c25-20-10-9-18(33-20)23(32)29-24(16-7-8-16)13-26-12-19(24)28-21(30)15-5-3-14(4-6-15)17-2-1-11-27-22(17)31/h1-6,9-11,16,19,26H,7-8,12-13H2,(H,27,31)(H,28,30)(H,29,32)/t19-,24-/m0/s1. The van der Waals surface area contributed by atoms with Gasteiger partial charge in [0, 0.05) is 30.4 Å². The molecule has 1 aliphatic carbocycles. The fourth-order valence-corrected chi connectivity index (χ4v) is 5.51. The summed E-state index contributed by atoms with van der Waals surface area (Å²) >= 11 is 7.25. The molecule has 0 spiro atoms. The molecule has 33 heavy (non-hydrogen) atoms. The van der Waals surface area contributed by atoms with Crippen molar-refractivity contribution in [2.75, 3.05) is 13.1 Å². The number of amides is 2. The van der Waals surface area contributed by atoms with Crippen LogP contribution < -0.4 is 21.5 Å². The molecule has 4 N–H and O–H groups in total. The lowest BCUT2D eigenvalue weighted by atomic mass is 9.87. The van der Waals surface area contributed by atoms with Gasteiger partial charge in [-0.25, -0.2) is 0 Å². The molecule has 2 fully saturated rings. The minimum absolute atomic E-state index is 0.167. The molecular weight excluding hydrogens is 460 g/mol. The van der Waals surface area contributed by atoms with Crippen molar-refractivity contribution in [3.05, 3.63) is 79.9 Å². The van der Waals surface area contributed by atoms with Gasteiger partial charge in [-0.1, -0.05) is 23.7 Å². The summed E-state index contributed by atoms with van der Waals surface area (Å²) in [6, 6.07) is 13.7. The number of H-pyrrole nitrogens is 1. The molecule has 3 heterocycles. The first-order valence-corrected chi connectivity index (χ1v) is 12.0. The summed E-state index contributed by atoms with van der Waals surface area (Å²) in [5.41, 5.74) is 1.07. The van der Waals surface area contributed by atoms with Gasteiger partial charge in [0.05, 0.1) is 20.8 Å². The fraction of sp³-hybridized carbons (Fsp3) is 0.292. The molecule has 0 unspecified atom stereocenters. The van der Waals surface area contributed by atoms with Gasteiger partial charge >= 0.3 is 0 Å². The van der Waals surface area contributed by atoms with Crippen LogP contribution in [0.15, 0.2) is 59.5 Å². The van der Waals surface area contributed by atoms with Gasteiger partial charge in [-0.2, -0.15) is 0 Å². The molecule has 2 amide bonds. The van der Waals surface area contributed by atoms with Crippen molar-refractivity contribution in [3.8, 4) is 11.1 Å². The van der Waals surface area contributed by atoms with Gasteiger partial charge in [0.2, 0.25) is 0 Å². The van der Waals surface area contributed by atoms with E-state index in [2.05, 4.69) is 20.9 Å². The second kappa shape index (κ2) is 8.78. The number of hydrogen-bond donors (Lipinski definition) is 4. The molecule has 2 aliphatic rings. The van der Waals surface area contributed by atoms with Crippen molar-refractivity contribution in [1.82, 2.24) is 20.9 Å². The number of carbonyl (C=O) groups is 2. The van der Waals surface area contributed by atoms with Crippen LogP contribution in [0.3, 0.4) is 0 Å². The van der Waals surface area contributed by atoms with Crippen LogP contribution >= 0.6 is 22.9 Å². The Bertz CT molecular complexity index is 1250. The first-order chi connectivity index (χ1) is 16.0. The number of thiophene rings is 1. The van der Waals surface area contributed by atoms with E-state index >= 15 is 0 Å². The van der Waals surface area contributed by atoms with E-state index in [4.69, 9.17) is 11.6 Å². The normalized spacial score (nSPS) is 22.2. The minimum atomic E-state index is -0.541. The third-order valence-electron chi connectivity index (χ3n) is 6.42. The van der Waals surface area contributed by atoms with Crippen LogP contribution in [-0.2, 0) is 0 Å². The number of aromatic amines is 1. The molecule has 0 radical (unpaired) electrons. The minimum Gasteiger partial charge on any atom is -0.346 e. The maximum absolute atomic E-state index is 13.1. The molecule has 0 bridgehead atoms. The van der Waals surface area contributed by atoms with E-state index in [1.807, 2.05) is 0 Å². The van der Waals surface area contributed by atoms with E-state index in [9.17, 15) is 14.4 Å². The molecule has 7 nitrogen and oxygen atoms in total. The molecule has 5 rings (SSSR count). The molecule has 3 aromatic rings. The lowest BCUT2D eigenvalue weighted by Gasteiger charge is -2.36. The zero-order chi connectivity index (χ0) is 23.0. The molecular formula is C24H23ClN4O3S. The molecule has 170 valence electrons. The summed E-state index contributed by atoms with van der Waals surface area (Å²) in [4.78, 5) is 41.2. The van der Waals surface area contributed by atoms with Crippen LogP contribution in [-0.4, -0.2) is 41.5 Å². The number of nitrogens with one attached hydrogen (secondary N) is 4. The van der Waals surface area contributed by atoms with Crippen LogP contribution in [0.4, 0.5) is 0 Å². The number of hydrogen-bond acceptors (Lipinski definition) is 5. The Balaban J connectivity index is 1.33. The maximum atomic E-state index is 13.1. The quantitative estimate of drug-likeness (QED) is 0.433. The predicted octanol–water partition coefficient (Wildman–Crippen LogP) is 3.04. The Morgan fingerprint density at radius 3 is 2.52 bits per heavy atom. The van der Waals surface area contributed by atoms with Gasteiger partial charge in [-0.15, -0.1) is 11.3 Å². The van der Waals surface area contributed by atoms with Gasteiger partial charge < -0.3 is 20.9 Å². The van der Waals surface area contributed by atoms with E-state index in [0.717, 1.165) is 18.4 Å². The number of carbonyl (C=O) groups excluding carboxylic acids is 2. The van der Waals surface area contributed by atoms with Crippen molar-refractivity contribution >= 4 is 34.8 Å². The highest BCUT2D eigenvalue weighted by atomic mass is 35.5. The zero-order valence-electron chi connectivity index (χ0n) is 17.7. The first kappa shape index (κ1) is 21.9. The van der Waals surface area contributed by atoms with Crippen LogP contribution in [0.5, 0.6) is 0 Å². The van der Waals surface area contributed by atoms with Crippen molar-refractivity contribution in [2.24, 2.45) is 5.92 Å². The Kier molecular flexibility index (Phi) is 5.82.